The predicted octanol–water partition coefficient (Wildman–Crippen LogP) is 3.54. The third-order valence-electron chi connectivity index (χ3n) is 4.40. The Labute approximate surface area is 155 Å². The molecule has 0 aliphatic carbocycles. The van der Waals surface area contributed by atoms with Crippen LogP contribution in [0.15, 0.2) is 24.4 Å². The summed E-state index contributed by atoms with van der Waals surface area (Å²) in [5, 5.41) is 2.86. The second-order valence-electron chi connectivity index (χ2n) is 6.34. The average Bonchev–Trinajstić information content (AvgIpc) is 3.14. The Kier molecular flexibility index (Phi) is 5.66. The van der Waals surface area contributed by atoms with Gasteiger partial charge in [-0.05, 0) is 24.5 Å². The van der Waals surface area contributed by atoms with E-state index in [1.807, 2.05) is 4.90 Å². The van der Waals surface area contributed by atoms with E-state index >= 15 is 0 Å². The van der Waals surface area contributed by atoms with E-state index in [1.165, 1.54) is 18.3 Å². The summed E-state index contributed by atoms with van der Waals surface area (Å²) < 4.78 is 26.9. The van der Waals surface area contributed by atoms with E-state index in [2.05, 4.69) is 15.3 Å². The maximum atomic E-state index is 13.8. The molecule has 0 spiro atoms. The molecule has 0 saturated carbocycles. The Balaban J connectivity index is 1.68. The predicted molar refractivity (Wildman–Crippen MR) is 95.6 cm³/mol. The van der Waals surface area contributed by atoms with Crippen LogP contribution < -0.4 is 10.2 Å². The van der Waals surface area contributed by atoms with Crippen LogP contribution in [0.3, 0.4) is 0 Å². The summed E-state index contributed by atoms with van der Waals surface area (Å²) in [4.78, 5) is 22.9. The quantitative estimate of drug-likeness (QED) is 0.862. The third-order valence-corrected chi connectivity index (χ3v) is 4.67. The van der Waals surface area contributed by atoms with Crippen molar-refractivity contribution < 1.29 is 13.6 Å². The van der Waals surface area contributed by atoms with Gasteiger partial charge in [-0.1, -0.05) is 24.6 Å². The lowest BCUT2D eigenvalue weighted by Crippen LogP contribution is -2.30. The molecule has 1 aliphatic heterocycles. The topological polar surface area (TPSA) is 58.1 Å². The lowest BCUT2D eigenvalue weighted by atomic mass is 10.0. The van der Waals surface area contributed by atoms with Crippen molar-refractivity contribution in [1.29, 1.82) is 0 Å². The van der Waals surface area contributed by atoms with E-state index in [-0.39, 0.29) is 23.2 Å². The first kappa shape index (κ1) is 18.5. The Morgan fingerprint density at radius 3 is 2.77 bits per heavy atom. The Bertz CT molecular complexity index is 812. The van der Waals surface area contributed by atoms with Gasteiger partial charge in [0.25, 0.3) is 5.91 Å². The molecule has 1 aliphatic rings. The number of benzene rings is 1. The van der Waals surface area contributed by atoms with Gasteiger partial charge in [0.2, 0.25) is 5.95 Å². The van der Waals surface area contributed by atoms with Gasteiger partial charge in [-0.2, -0.15) is 0 Å². The molecule has 1 fully saturated rings. The van der Waals surface area contributed by atoms with Crippen LogP contribution in [0.25, 0.3) is 0 Å². The van der Waals surface area contributed by atoms with Gasteiger partial charge >= 0.3 is 0 Å². The Morgan fingerprint density at radius 1 is 1.35 bits per heavy atom. The highest BCUT2D eigenvalue weighted by molar-refractivity contribution is 6.33. The third kappa shape index (κ3) is 4.09. The molecule has 0 bridgehead atoms. The normalized spacial score (nSPS) is 15.2. The number of hydrogen-bond acceptors (Lipinski definition) is 4. The minimum atomic E-state index is -0.636. The van der Waals surface area contributed by atoms with Gasteiger partial charge in [-0.25, -0.2) is 18.7 Å². The Morgan fingerprint density at radius 2 is 2.08 bits per heavy atom. The molecule has 8 heteroatoms. The molecule has 1 amide bonds. The molecule has 5 nitrogen and oxygen atoms in total. The molecule has 138 valence electrons. The summed E-state index contributed by atoms with van der Waals surface area (Å²) >= 11 is 6.07. The van der Waals surface area contributed by atoms with Crippen molar-refractivity contribution in [1.82, 2.24) is 15.3 Å². The number of aromatic nitrogens is 2. The molecular weight excluding hydrogens is 362 g/mol. The van der Waals surface area contributed by atoms with Crippen LogP contribution in [0.2, 0.25) is 5.02 Å². The number of nitrogens with zero attached hydrogens (tertiary/aromatic N) is 3. The standard InChI is InChI=1S/C18H19ClF2N4O/c1-11(13-5-4-12(20)8-15(13)21)9-22-17(26)16-14(19)10-23-18(24-16)25-6-2-3-7-25/h4-5,8,10-11H,2-3,6-7,9H2,1H3,(H,22,26). The van der Waals surface area contributed by atoms with Crippen molar-refractivity contribution >= 4 is 23.5 Å². The van der Waals surface area contributed by atoms with E-state index in [9.17, 15) is 13.6 Å². The van der Waals surface area contributed by atoms with Gasteiger partial charge in [0.15, 0.2) is 5.69 Å². The van der Waals surface area contributed by atoms with Gasteiger partial charge in [0.05, 0.1) is 11.2 Å². The molecule has 1 atom stereocenters. The number of carbonyl (C=O) groups excluding carboxylic acids is 1. The molecule has 2 aromatic rings. The fraction of sp³-hybridized carbons (Fsp3) is 0.389. The maximum Gasteiger partial charge on any atom is 0.271 e. The molecule has 1 saturated heterocycles. The van der Waals surface area contributed by atoms with Gasteiger partial charge in [0, 0.05) is 31.6 Å². The maximum absolute atomic E-state index is 13.8. The average molecular weight is 381 g/mol. The molecule has 0 radical (unpaired) electrons. The first-order chi connectivity index (χ1) is 12.5. The summed E-state index contributed by atoms with van der Waals surface area (Å²) in [6.07, 6.45) is 3.54. The van der Waals surface area contributed by atoms with E-state index in [0.717, 1.165) is 32.0 Å². The van der Waals surface area contributed by atoms with Gasteiger partial charge < -0.3 is 10.2 Å². The minimum absolute atomic E-state index is 0.0929. The van der Waals surface area contributed by atoms with E-state index in [0.29, 0.717) is 11.5 Å². The van der Waals surface area contributed by atoms with Crippen molar-refractivity contribution in [3.63, 3.8) is 0 Å². The van der Waals surface area contributed by atoms with Gasteiger partial charge in [-0.3, -0.25) is 4.79 Å². The van der Waals surface area contributed by atoms with E-state index in [1.54, 1.807) is 6.92 Å². The number of halogens is 3. The molecular formula is C18H19ClF2N4O. The highest BCUT2D eigenvalue weighted by Crippen LogP contribution is 2.21. The second kappa shape index (κ2) is 7.95. The number of nitrogens with one attached hydrogen (secondary N) is 1. The zero-order valence-corrected chi connectivity index (χ0v) is 15.1. The smallest absolute Gasteiger partial charge is 0.271 e. The summed E-state index contributed by atoms with van der Waals surface area (Å²) in [5.74, 6) is -1.58. The lowest BCUT2D eigenvalue weighted by Gasteiger charge is -2.17. The summed E-state index contributed by atoms with van der Waals surface area (Å²) in [6, 6.07) is 3.41. The highest BCUT2D eigenvalue weighted by atomic mass is 35.5. The van der Waals surface area contributed by atoms with E-state index in [4.69, 9.17) is 11.6 Å². The second-order valence-corrected chi connectivity index (χ2v) is 6.74. The van der Waals surface area contributed by atoms with Crippen molar-refractivity contribution in [2.45, 2.75) is 25.7 Å². The van der Waals surface area contributed by atoms with Crippen molar-refractivity contribution in [2.75, 3.05) is 24.5 Å². The number of rotatable bonds is 5. The zero-order chi connectivity index (χ0) is 18.7. The largest absolute Gasteiger partial charge is 0.350 e. The summed E-state index contributed by atoms with van der Waals surface area (Å²) in [7, 11) is 0. The van der Waals surface area contributed by atoms with Crippen molar-refractivity contribution in [2.24, 2.45) is 0 Å². The molecule has 2 heterocycles. The zero-order valence-electron chi connectivity index (χ0n) is 14.3. The van der Waals surface area contributed by atoms with Gasteiger partial charge in [-0.15, -0.1) is 0 Å². The molecule has 3 rings (SSSR count). The summed E-state index contributed by atoms with van der Waals surface area (Å²) in [5.41, 5.74) is 0.425. The molecule has 1 N–H and O–H groups in total. The van der Waals surface area contributed by atoms with Crippen molar-refractivity contribution in [3.8, 4) is 0 Å². The van der Waals surface area contributed by atoms with Crippen LogP contribution in [-0.2, 0) is 0 Å². The van der Waals surface area contributed by atoms with Crippen LogP contribution >= 0.6 is 11.6 Å². The fourth-order valence-corrected chi connectivity index (χ4v) is 3.10. The molecule has 1 unspecified atom stereocenters. The molecule has 26 heavy (non-hydrogen) atoms. The van der Waals surface area contributed by atoms with Gasteiger partial charge in [0.1, 0.15) is 11.6 Å². The van der Waals surface area contributed by atoms with Crippen LogP contribution in [-0.4, -0.2) is 35.5 Å². The number of hydrogen-bond donors (Lipinski definition) is 1. The van der Waals surface area contributed by atoms with Crippen LogP contribution in [0, 0.1) is 11.6 Å². The van der Waals surface area contributed by atoms with Crippen LogP contribution in [0.4, 0.5) is 14.7 Å². The molecule has 1 aromatic heterocycles. The Hall–Kier alpha value is -2.28. The molecule has 1 aromatic carbocycles. The first-order valence-corrected chi connectivity index (χ1v) is 8.84. The fourth-order valence-electron chi connectivity index (χ4n) is 2.93. The highest BCUT2D eigenvalue weighted by Gasteiger charge is 2.20. The number of anilines is 1. The van der Waals surface area contributed by atoms with Crippen LogP contribution in [0.5, 0.6) is 0 Å². The lowest BCUT2D eigenvalue weighted by molar-refractivity contribution is 0.0946. The number of amides is 1. The SMILES string of the molecule is CC(CNC(=O)c1nc(N2CCCC2)ncc1Cl)c1ccc(F)cc1F. The van der Waals surface area contributed by atoms with Crippen LogP contribution in [0.1, 0.15) is 41.7 Å². The monoisotopic (exact) mass is 380 g/mol. The minimum Gasteiger partial charge on any atom is -0.350 e. The van der Waals surface area contributed by atoms with Crippen molar-refractivity contribution in [3.05, 3.63) is 52.3 Å². The summed E-state index contributed by atoms with van der Waals surface area (Å²) in [6.45, 7) is 3.61. The van der Waals surface area contributed by atoms with E-state index < -0.39 is 17.5 Å². The first-order valence-electron chi connectivity index (χ1n) is 8.46. The number of carbonyl (C=O) groups is 1.